The van der Waals surface area contributed by atoms with Crippen LogP contribution in [-0.2, 0) is 23.7 Å². The Morgan fingerprint density at radius 3 is 2.75 bits per heavy atom. The number of carbonyl (C=O) groups excluding carboxylic acids is 1. The van der Waals surface area contributed by atoms with E-state index in [2.05, 4.69) is 5.32 Å². The molecule has 0 aromatic rings. The van der Waals surface area contributed by atoms with Crippen LogP contribution in [0.5, 0.6) is 0 Å². The van der Waals surface area contributed by atoms with E-state index >= 15 is 0 Å². The maximum Gasteiger partial charge on any atom is 0.350 e. The van der Waals surface area contributed by atoms with Gasteiger partial charge in [0.15, 0.2) is 17.7 Å². The van der Waals surface area contributed by atoms with Gasteiger partial charge in [0.05, 0.1) is 19.3 Å². The maximum atomic E-state index is 11.6. The van der Waals surface area contributed by atoms with Crippen LogP contribution in [0.3, 0.4) is 0 Å². The number of esters is 1. The number of fused-ring (bicyclic) bond motifs is 1. The van der Waals surface area contributed by atoms with Crippen LogP contribution in [0.25, 0.3) is 0 Å². The second-order valence-electron chi connectivity index (χ2n) is 5.91. The minimum Gasteiger partial charge on any atom is -0.462 e. The molecule has 2 fully saturated rings. The fraction of sp³-hybridized carbons (Fsp3) is 0.733. The number of nitrogens with one attached hydrogen (secondary N) is 1. The van der Waals surface area contributed by atoms with E-state index in [1.165, 1.54) is 0 Å². The minimum absolute atomic E-state index is 0.138. The predicted molar refractivity (Wildman–Crippen MR) is 79.0 cm³/mol. The smallest absolute Gasteiger partial charge is 0.350 e. The van der Waals surface area contributed by atoms with Crippen molar-refractivity contribution >= 4 is 5.97 Å². The van der Waals surface area contributed by atoms with E-state index in [0.29, 0.717) is 0 Å². The third-order valence-electron chi connectivity index (χ3n) is 3.70. The van der Waals surface area contributed by atoms with Crippen LogP contribution in [0, 0.1) is 11.3 Å². The zero-order valence-corrected chi connectivity index (χ0v) is 13.8. The van der Waals surface area contributed by atoms with Gasteiger partial charge in [-0.3, -0.25) is 0 Å². The Balaban J connectivity index is 2.03. The van der Waals surface area contributed by atoms with Crippen LogP contribution >= 0.6 is 0 Å². The monoisotopic (exact) mass is 342 g/mol. The molecule has 0 unspecified atom stereocenters. The van der Waals surface area contributed by atoms with E-state index in [0.717, 1.165) is 6.20 Å². The number of hydrogen-bond acceptors (Lipinski definition) is 9. The van der Waals surface area contributed by atoms with Gasteiger partial charge in [0, 0.05) is 6.20 Å². The van der Waals surface area contributed by atoms with Crippen LogP contribution in [0.2, 0.25) is 0 Å². The first-order chi connectivity index (χ1) is 11.3. The molecule has 2 aliphatic rings. The van der Waals surface area contributed by atoms with Crippen molar-refractivity contribution in [2.75, 3.05) is 13.2 Å². The Morgan fingerprint density at radius 2 is 2.21 bits per heavy atom. The summed E-state index contributed by atoms with van der Waals surface area (Å²) in [6.45, 7) is 4.78. The van der Waals surface area contributed by atoms with Crippen molar-refractivity contribution in [3.63, 3.8) is 0 Å². The zero-order chi connectivity index (χ0) is 17.9. The molecular weight excluding hydrogens is 320 g/mol. The van der Waals surface area contributed by atoms with Gasteiger partial charge >= 0.3 is 5.97 Å². The maximum absolute atomic E-state index is 11.6. The average Bonchev–Trinajstić information content (AvgIpc) is 2.98. The molecule has 2 rings (SSSR count). The molecule has 2 aliphatic heterocycles. The molecule has 0 spiro atoms. The fourth-order valence-corrected chi connectivity index (χ4v) is 2.64. The van der Waals surface area contributed by atoms with Gasteiger partial charge in [-0.15, -0.1) is 0 Å². The number of aliphatic hydroxyl groups excluding tert-OH is 2. The third kappa shape index (κ3) is 3.85. The number of rotatable bonds is 6. The molecular formula is C15H22N2O7. The number of nitrogens with zero attached hydrogens (tertiary/aromatic N) is 1. The Hall–Kier alpha value is -1.70. The molecule has 9 heteroatoms. The summed E-state index contributed by atoms with van der Waals surface area (Å²) in [5.41, 5.74) is -0.253. The molecule has 0 bridgehead atoms. The minimum atomic E-state index is -1.04. The quantitative estimate of drug-likeness (QED) is 0.321. The van der Waals surface area contributed by atoms with Gasteiger partial charge in [-0.05, 0) is 20.8 Å². The van der Waals surface area contributed by atoms with E-state index in [1.807, 2.05) is 0 Å². The lowest BCUT2D eigenvalue weighted by Gasteiger charge is -2.27. The summed E-state index contributed by atoms with van der Waals surface area (Å²) in [5, 5.41) is 31.6. The van der Waals surface area contributed by atoms with Gasteiger partial charge in [0.25, 0.3) is 0 Å². The van der Waals surface area contributed by atoms with Crippen LogP contribution in [0.1, 0.15) is 20.8 Å². The highest BCUT2D eigenvalue weighted by molar-refractivity contribution is 5.92. The van der Waals surface area contributed by atoms with Crippen molar-refractivity contribution in [1.82, 2.24) is 5.32 Å². The van der Waals surface area contributed by atoms with E-state index in [1.54, 1.807) is 26.8 Å². The Labute approximate surface area is 139 Å². The SMILES string of the molecule is CCOC(=O)/C(C#N)=C/N[C@H](CO)[C@H]1O[C@@H]2OC(C)(C)O[C@@H]2[C@H]1O. The normalized spacial score (nSPS) is 32.8. The molecule has 134 valence electrons. The zero-order valence-electron chi connectivity index (χ0n) is 13.8. The Morgan fingerprint density at radius 1 is 1.50 bits per heavy atom. The van der Waals surface area contributed by atoms with Crippen LogP contribution in [-0.4, -0.2) is 65.8 Å². The van der Waals surface area contributed by atoms with Gasteiger partial charge in [-0.1, -0.05) is 0 Å². The summed E-state index contributed by atoms with van der Waals surface area (Å²) >= 11 is 0. The molecule has 5 atom stereocenters. The van der Waals surface area contributed by atoms with Crippen molar-refractivity contribution in [1.29, 1.82) is 5.26 Å². The highest BCUT2D eigenvalue weighted by Gasteiger charge is 2.55. The lowest BCUT2D eigenvalue weighted by atomic mass is 10.0. The molecule has 2 heterocycles. The molecule has 0 radical (unpaired) electrons. The van der Waals surface area contributed by atoms with E-state index in [4.69, 9.17) is 24.2 Å². The summed E-state index contributed by atoms with van der Waals surface area (Å²) in [5.74, 6) is -1.64. The molecule has 24 heavy (non-hydrogen) atoms. The molecule has 0 aliphatic carbocycles. The molecule has 0 saturated carbocycles. The third-order valence-corrected chi connectivity index (χ3v) is 3.70. The molecule has 0 amide bonds. The summed E-state index contributed by atoms with van der Waals surface area (Å²) < 4.78 is 21.5. The van der Waals surface area contributed by atoms with Gasteiger partial charge in [0.2, 0.25) is 0 Å². The van der Waals surface area contributed by atoms with Crippen LogP contribution in [0.15, 0.2) is 11.8 Å². The molecule has 0 aromatic carbocycles. The van der Waals surface area contributed by atoms with Crippen molar-refractivity contribution in [2.24, 2.45) is 0 Å². The van der Waals surface area contributed by atoms with E-state index in [9.17, 15) is 15.0 Å². The van der Waals surface area contributed by atoms with E-state index in [-0.39, 0.29) is 12.2 Å². The van der Waals surface area contributed by atoms with Crippen molar-refractivity contribution < 1.29 is 34.0 Å². The van der Waals surface area contributed by atoms with Gasteiger partial charge in [0.1, 0.15) is 24.4 Å². The largest absolute Gasteiger partial charge is 0.462 e. The van der Waals surface area contributed by atoms with Crippen molar-refractivity contribution in [3.05, 3.63) is 11.8 Å². The lowest BCUT2D eigenvalue weighted by Crippen LogP contribution is -2.48. The first-order valence-corrected chi connectivity index (χ1v) is 7.66. The van der Waals surface area contributed by atoms with E-state index < -0.39 is 49.0 Å². The average molecular weight is 342 g/mol. The summed E-state index contributed by atoms with van der Waals surface area (Å²) in [6.07, 6.45) is -2.16. The number of aliphatic hydroxyl groups is 2. The Kier molecular flexibility index (Phi) is 5.79. The summed E-state index contributed by atoms with van der Waals surface area (Å²) in [4.78, 5) is 11.6. The lowest BCUT2D eigenvalue weighted by molar-refractivity contribution is -0.218. The molecule has 2 saturated heterocycles. The van der Waals surface area contributed by atoms with Gasteiger partial charge in [-0.25, -0.2) is 4.79 Å². The topological polar surface area (TPSA) is 130 Å². The van der Waals surface area contributed by atoms with Crippen LogP contribution in [0.4, 0.5) is 0 Å². The van der Waals surface area contributed by atoms with Crippen molar-refractivity contribution in [3.8, 4) is 6.07 Å². The first kappa shape index (κ1) is 18.6. The second-order valence-corrected chi connectivity index (χ2v) is 5.91. The van der Waals surface area contributed by atoms with Gasteiger partial charge < -0.3 is 34.5 Å². The fourth-order valence-electron chi connectivity index (χ4n) is 2.64. The highest BCUT2D eigenvalue weighted by atomic mass is 16.8. The molecule has 9 nitrogen and oxygen atoms in total. The Bertz CT molecular complexity index is 542. The number of carbonyl (C=O) groups is 1. The number of ether oxygens (including phenoxy) is 4. The number of hydrogen-bond donors (Lipinski definition) is 3. The van der Waals surface area contributed by atoms with Gasteiger partial charge in [-0.2, -0.15) is 5.26 Å². The highest BCUT2D eigenvalue weighted by Crippen LogP contribution is 2.38. The first-order valence-electron chi connectivity index (χ1n) is 7.66. The number of nitriles is 1. The standard InChI is InChI=1S/C15H22N2O7/c1-4-21-13(20)8(5-16)6-17-9(7-18)11-10(19)12-14(22-11)24-15(2,3)23-12/h6,9-12,14,17-19H,4,7H2,1-3H3/b8-6+/t9-,10+,11-,12-,14-/m1/s1. The van der Waals surface area contributed by atoms with Crippen LogP contribution < -0.4 is 5.32 Å². The predicted octanol–water partition coefficient (Wildman–Crippen LogP) is -0.855. The molecule has 3 N–H and O–H groups in total. The summed E-state index contributed by atoms with van der Waals surface area (Å²) in [7, 11) is 0. The second kappa shape index (κ2) is 7.46. The summed E-state index contributed by atoms with van der Waals surface area (Å²) in [6, 6.07) is 0.943. The molecule has 0 aromatic heterocycles. The van der Waals surface area contributed by atoms with Crippen molar-refractivity contribution in [2.45, 2.75) is 57.2 Å².